The summed E-state index contributed by atoms with van der Waals surface area (Å²) in [6, 6.07) is 9.48. The molecule has 1 saturated carbocycles. The summed E-state index contributed by atoms with van der Waals surface area (Å²) in [5.41, 5.74) is 1.15. The zero-order chi connectivity index (χ0) is 23.4. The minimum atomic E-state index is -0.182. The first kappa shape index (κ1) is 23.6. The molecule has 4 rings (SSSR count). The first-order valence-corrected chi connectivity index (χ1v) is 12.8. The number of rotatable bonds is 10. The average Bonchev–Trinajstić information content (AvgIpc) is 3.58. The van der Waals surface area contributed by atoms with Crippen molar-refractivity contribution in [3.05, 3.63) is 46.2 Å². The maximum absolute atomic E-state index is 13.6. The molecule has 178 valence electrons. The first-order valence-electron chi connectivity index (χ1n) is 11.9. The van der Waals surface area contributed by atoms with Crippen molar-refractivity contribution in [2.24, 2.45) is 11.8 Å². The third-order valence-electron chi connectivity index (χ3n) is 6.67. The van der Waals surface area contributed by atoms with E-state index in [1.807, 2.05) is 29.2 Å². The zero-order valence-corrected chi connectivity index (χ0v) is 20.6. The molecule has 0 radical (unpaired) electrons. The third kappa shape index (κ3) is 5.52. The highest BCUT2D eigenvalue weighted by Crippen LogP contribution is 2.36. The molecule has 0 N–H and O–H groups in total. The highest BCUT2D eigenvalue weighted by Gasteiger charge is 2.37. The van der Waals surface area contributed by atoms with E-state index in [1.54, 1.807) is 23.3 Å². The van der Waals surface area contributed by atoms with E-state index in [-0.39, 0.29) is 30.3 Å². The van der Waals surface area contributed by atoms with Crippen molar-refractivity contribution in [3.63, 3.8) is 0 Å². The Balaban J connectivity index is 1.51. The Labute approximate surface area is 200 Å². The van der Waals surface area contributed by atoms with Crippen LogP contribution in [0.25, 0.3) is 0 Å². The molecule has 1 aromatic heterocycles. The van der Waals surface area contributed by atoms with Gasteiger partial charge >= 0.3 is 0 Å². The SMILES string of the molecule is CC[C@@H](C)CN(CC(=O)N1CCc2sccc2[C@H]1COc1ccccc1OC)C(=O)C1CC1. The summed E-state index contributed by atoms with van der Waals surface area (Å²) in [5.74, 6) is 1.95. The van der Waals surface area contributed by atoms with Gasteiger partial charge in [0.25, 0.3) is 0 Å². The Kier molecular flexibility index (Phi) is 7.58. The normalized spacial score (nSPS) is 18.4. The molecule has 6 nitrogen and oxygen atoms in total. The predicted molar refractivity (Wildman–Crippen MR) is 130 cm³/mol. The monoisotopic (exact) mass is 470 g/mol. The molecule has 0 spiro atoms. The van der Waals surface area contributed by atoms with Gasteiger partial charge in [0.2, 0.25) is 11.8 Å². The van der Waals surface area contributed by atoms with E-state index >= 15 is 0 Å². The molecule has 0 unspecified atom stereocenters. The van der Waals surface area contributed by atoms with Crippen LogP contribution in [0.2, 0.25) is 0 Å². The Bertz CT molecular complexity index is 971. The van der Waals surface area contributed by atoms with Crippen molar-refractivity contribution in [2.75, 3.05) is 33.4 Å². The van der Waals surface area contributed by atoms with Gasteiger partial charge in [0, 0.05) is 23.9 Å². The summed E-state index contributed by atoms with van der Waals surface area (Å²) < 4.78 is 11.6. The van der Waals surface area contributed by atoms with Gasteiger partial charge in [0.05, 0.1) is 19.7 Å². The van der Waals surface area contributed by atoms with Crippen LogP contribution in [-0.4, -0.2) is 55.0 Å². The van der Waals surface area contributed by atoms with Crippen LogP contribution in [0.3, 0.4) is 0 Å². The van der Waals surface area contributed by atoms with Crippen LogP contribution < -0.4 is 9.47 Å². The lowest BCUT2D eigenvalue weighted by Crippen LogP contribution is -2.48. The molecule has 7 heteroatoms. The fraction of sp³-hybridized carbons (Fsp3) is 0.538. The molecule has 1 aliphatic carbocycles. The first-order chi connectivity index (χ1) is 16.0. The lowest BCUT2D eigenvalue weighted by Gasteiger charge is -2.37. The topological polar surface area (TPSA) is 59.1 Å². The standard InChI is InChI=1S/C26H34N2O4S/c1-4-18(2)15-27(26(30)19-9-10-19)16-25(29)28-13-11-24-20(12-14-33-24)21(28)17-32-23-8-6-5-7-22(23)31-3/h5-8,12,14,18-19,21H,4,9-11,13,15-17H2,1-3H3/t18-,21-/m1/s1. The summed E-state index contributed by atoms with van der Waals surface area (Å²) in [6.45, 7) is 6.03. The molecule has 1 aliphatic heterocycles. The number of thiophene rings is 1. The summed E-state index contributed by atoms with van der Waals surface area (Å²) in [5, 5.41) is 2.08. The Hall–Kier alpha value is -2.54. The van der Waals surface area contributed by atoms with E-state index in [0.717, 1.165) is 31.2 Å². The van der Waals surface area contributed by atoms with Crippen molar-refractivity contribution in [2.45, 2.75) is 45.6 Å². The number of carbonyl (C=O) groups is 2. The second kappa shape index (κ2) is 10.6. The van der Waals surface area contributed by atoms with E-state index in [0.29, 0.717) is 37.1 Å². The molecule has 2 amide bonds. The van der Waals surface area contributed by atoms with E-state index < -0.39 is 0 Å². The van der Waals surface area contributed by atoms with Crippen LogP contribution in [-0.2, 0) is 16.0 Å². The maximum Gasteiger partial charge on any atom is 0.242 e. The van der Waals surface area contributed by atoms with Gasteiger partial charge in [-0.05, 0) is 54.3 Å². The molecule has 2 aromatic rings. The lowest BCUT2D eigenvalue weighted by molar-refractivity contribution is -0.143. The molecule has 1 aromatic carbocycles. The van der Waals surface area contributed by atoms with E-state index in [4.69, 9.17) is 9.47 Å². The summed E-state index contributed by atoms with van der Waals surface area (Å²) >= 11 is 1.73. The van der Waals surface area contributed by atoms with Gasteiger partial charge in [0.1, 0.15) is 6.61 Å². The van der Waals surface area contributed by atoms with Gasteiger partial charge in [-0.2, -0.15) is 0 Å². The lowest BCUT2D eigenvalue weighted by atomic mass is 10.00. The smallest absolute Gasteiger partial charge is 0.242 e. The number of ether oxygens (including phenoxy) is 2. The third-order valence-corrected chi connectivity index (χ3v) is 7.67. The fourth-order valence-corrected chi connectivity index (χ4v) is 5.29. The Morgan fingerprint density at radius 1 is 1.21 bits per heavy atom. The number of carbonyl (C=O) groups excluding carboxylic acids is 2. The molecule has 33 heavy (non-hydrogen) atoms. The van der Waals surface area contributed by atoms with Crippen molar-refractivity contribution in [3.8, 4) is 11.5 Å². The highest BCUT2D eigenvalue weighted by atomic mass is 32.1. The zero-order valence-electron chi connectivity index (χ0n) is 19.8. The summed E-state index contributed by atoms with van der Waals surface area (Å²) in [7, 11) is 1.62. The van der Waals surface area contributed by atoms with Gasteiger partial charge in [-0.3, -0.25) is 9.59 Å². The molecular weight excluding hydrogens is 436 g/mol. The van der Waals surface area contributed by atoms with Crippen LogP contribution in [0.5, 0.6) is 11.5 Å². The molecule has 0 bridgehead atoms. The van der Waals surface area contributed by atoms with Crippen LogP contribution in [0.4, 0.5) is 0 Å². The van der Waals surface area contributed by atoms with Crippen molar-refractivity contribution in [1.82, 2.24) is 9.80 Å². The van der Waals surface area contributed by atoms with Crippen LogP contribution in [0.1, 0.15) is 49.6 Å². The van der Waals surface area contributed by atoms with Crippen LogP contribution in [0, 0.1) is 11.8 Å². The number of methoxy groups -OCH3 is 1. The van der Waals surface area contributed by atoms with Gasteiger partial charge in [-0.15, -0.1) is 11.3 Å². The van der Waals surface area contributed by atoms with Gasteiger partial charge in [-0.25, -0.2) is 0 Å². The van der Waals surface area contributed by atoms with Crippen LogP contribution >= 0.6 is 11.3 Å². The Morgan fingerprint density at radius 2 is 1.97 bits per heavy atom. The van der Waals surface area contributed by atoms with Crippen molar-refractivity contribution < 1.29 is 19.1 Å². The van der Waals surface area contributed by atoms with Gasteiger partial charge < -0.3 is 19.3 Å². The number of fused-ring (bicyclic) bond motifs is 1. The van der Waals surface area contributed by atoms with Crippen LogP contribution in [0.15, 0.2) is 35.7 Å². The fourth-order valence-electron chi connectivity index (χ4n) is 4.36. The number of para-hydroxylation sites is 2. The molecular formula is C26H34N2O4S. The van der Waals surface area contributed by atoms with E-state index in [9.17, 15) is 9.59 Å². The van der Waals surface area contributed by atoms with Crippen molar-refractivity contribution in [1.29, 1.82) is 0 Å². The molecule has 2 aliphatic rings. The largest absolute Gasteiger partial charge is 0.493 e. The minimum Gasteiger partial charge on any atom is -0.493 e. The molecule has 2 atom stereocenters. The number of nitrogens with zero attached hydrogens (tertiary/aromatic N) is 2. The minimum absolute atomic E-state index is 0.00206. The average molecular weight is 471 g/mol. The van der Waals surface area contributed by atoms with E-state index in [1.165, 1.54) is 4.88 Å². The van der Waals surface area contributed by atoms with Gasteiger partial charge in [-0.1, -0.05) is 32.4 Å². The molecule has 2 heterocycles. The number of amides is 2. The number of benzene rings is 1. The second-order valence-corrected chi connectivity index (χ2v) is 10.1. The second-order valence-electron chi connectivity index (χ2n) is 9.12. The van der Waals surface area contributed by atoms with Gasteiger partial charge in [0.15, 0.2) is 11.5 Å². The highest BCUT2D eigenvalue weighted by molar-refractivity contribution is 7.10. The quantitative estimate of drug-likeness (QED) is 0.511. The Morgan fingerprint density at radius 3 is 2.67 bits per heavy atom. The summed E-state index contributed by atoms with van der Waals surface area (Å²) in [6.07, 6.45) is 3.72. The molecule has 1 fully saturated rings. The van der Waals surface area contributed by atoms with E-state index in [2.05, 4.69) is 25.3 Å². The van der Waals surface area contributed by atoms with Crippen molar-refractivity contribution >= 4 is 23.2 Å². The predicted octanol–water partition coefficient (Wildman–Crippen LogP) is 4.55. The number of hydrogen-bond donors (Lipinski definition) is 0. The summed E-state index contributed by atoms with van der Waals surface area (Å²) in [4.78, 5) is 31.5. The molecule has 0 saturated heterocycles. The number of hydrogen-bond acceptors (Lipinski definition) is 5. The maximum atomic E-state index is 13.6.